The van der Waals surface area contributed by atoms with Crippen molar-refractivity contribution in [1.82, 2.24) is 4.90 Å². The second-order valence-corrected chi connectivity index (χ2v) is 4.88. The number of anilines is 1. The number of hydrogen-bond donors (Lipinski definition) is 0. The van der Waals surface area contributed by atoms with Crippen molar-refractivity contribution in [3.8, 4) is 5.75 Å². The van der Waals surface area contributed by atoms with Crippen LogP contribution in [0.4, 0.5) is 5.69 Å². The lowest BCUT2D eigenvalue weighted by atomic mass is 10.2. The number of methoxy groups -OCH3 is 1. The van der Waals surface area contributed by atoms with Gasteiger partial charge in [-0.1, -0.05) is 13.3 Å². The van der Waals surface area contributed by atoms with Gasteiger partial charge in [-0.2, -0.15) is 0 Å². The molecule has 100 valence electrons. The molecule has 0 atom stereocenters. The van der Waals surface area contributed by atoms with Gasteiger partial charge in [0, 0.05) is 31.9 Å². The molecule has 3 nitrogen and oxygen atoms in total. The molecule has 0 amide bonds. The molecular formula is C15H24N2O. The van der Waals surface area contributed by atoms with Crippen molar-refractivity contribution in [2.45, 2.75) is 19.8 Å². The van der Waals surface area contributed by atoms with Gasteiger partial charge in [-0.3, -0.25) is 4.90 Å². The van der Waals surface area contributed by atoms with Crippen molar-refractivity contribution in [3.05, 3.63) is 24.3 Å². The Bertz CT molecular complexity index is 342. The largest absolute Gasteiger partial charge is 0.497 e. The molecule has 1 saturated heterocycles. The number of unbranched alkanes of at least 4 members (excludes halogenated alkanes) is 1. The number of ether oxygens (including phenoxy) is 1. The molecule has 0 unspecified atom stereocenters. The molecule has 0 aliphatic carbocycles. The Morgan fingerprint density at radius 2 is 1.72 bits per heavy atom. The molecule has 1 aromatic carbocycles. The summed E-state index contributed by atoms with van der Waals surface area (Å²) in [7, 11) is 1.71. The third kappa shape index (κ3) is 3.39. The molecule has 1 aromatic rings. The first-order valence-corrected chi connectivity index (χ1v) is 6.95. The number of hydrogen-bond acceptors (Lipinski definition) is 3. The van der Waals surface area contributed by atoms with Gasteiger partial charge in [-0.25, -0.2) is 0 Å². The second-order valence-electron chi connectivity index (χ2n) is 4.88. The third-order valence-electron chi connectivity index (χ3n) is 3.64. The van der Waals surface area contributed by atoms with Crippen molar-refractivity contribution in [2.75, 3.05) is 44.7 Å². The number of benzene rings is 1. The number of nitrogens with zero attached hydrogens (tertiary/aromatic N) is 2. The standard InChI is InChI=1S/C15H24N2O/c1-3-4-9-16-10-12-17(13-11-16)14-5-7-15(18-2)8-6-14/h5-8H,3-4,9-13H2,1-2H3. The zero-order chi connectivity index (χ0) is 12.8. The van der Waals surface area contributed by atoms with E-state index in [1.54, 1.807) is 7.11 Å². The van der Waals surface area contributed by atoms with Crippen LogP contribution in [0, 0.1) is 0 Å². The average Bonchev–Trinajstić information content (AvgIpc) is 2.46. The van der Waals surface area contributed by atoms with E-state index in [4.69, 9.17) is 4.74 Å². The fraction of sp³-hybridized carbons (Fsp3) is 0.600. The van der Waals surface area contributed by atoms with Crippen molar-refractivity contribution < 1.29 is 4.74 Å². The van der Waals surface area contributed by atoms with Crippen molar-refractivity contribution in [1.29, 1.82) is 0 Å². The maximum Gasteiger partial charge on any atom is 0.119 e. The first-order valence-electron chi connectivity index (χ1n) is 6.95. The summed E-state index contributed by atoms with van der Waals surface area (Å²) in [5.74, 6) is 0.931. The minimum absolute atomic E-state index is 0.931. The maximum absolute atomic E-state index is 5.19. The predicted molar refractivity (Wildman–Crippen MR) is 76.6 cm³/mol. The van der Waals surface area contributed by atoms with Crippen LogP contribution in [0.5, 0.6) is 5.75 Å². The van der Waals surface area contributed by atoms with Crippen LogP contribution in [-0.2, 0) is 0 Å². The molecule has 1 heterocycles. The third-order valence-corrected chi connectivity index (χ3v) is 3.64. The summed E-state index contributed by atoms with van der Waals surface area (Å²) in [4.78, 5) is 5.03. The van der Waals surface area contributed by atoms with Crippen molar-refractivity contribution in [2.24, 2.45) is 0 Å². The molecule has 0 saturated carbocycles. The number of rotatable bonds is 5. The molecule has 1 aliphatic heterocycles. The zero-order valence-corrected chi connectivity index (χ0v) is 11.6. The topological polar surface area (TPSA) is 15.7 Å². The van der Waals surface area contributed by atoms with Crippen LogP contribution >= 0.6 is 0 Å². The summed E-state index contributed by atoms with van der Waals surface area (Å²) in [6.45, 7) is 8.16. The molecule has 1 fully saturated rings. The molecule has 0 aromatic heterocycles. The highest BCUT2D eigenvalue weighted by Gasteiger charge is 2.16. The summed E-state index contributed by atoms with van der Waals surface area (Å²) in [5.41, 5.74) is 1.31. The van der Waals surface area contributed by atoms with E-state index in [-0.39, 0.29) is 0 Å². The monoisotopic (exact) mass is 248 g/mol. The summed E-state index contributed by atoms with van der Waals surface area (Å²) in [5, 5.41) is 0. The lowest BCUT2D eigenvalue weighted by Gasteiger charge is -2.36. The minimum atomic E-state index is 0.931. The number of piperazine rings is 1. The van der Waals surface area contributed by atoms with Gasteiger partial charge in [-0.05, 0) is 37.2 Å². The molecular weight excluding hydrogens is 224 g/mol. The molecule has 2 rings (SSSR count). The van der Waals surface area contributed by atoms with E-state index < -0.39 is 0 Å². The van der Waals surface area contributed by atoms with E-state index in [2.05, 4.69) is 28.9 Å². The normalized spacial score (nSPS) is 16.9. The smallest absolute Gasteiger partial charge is 0.119 e. The fourth-order valence-corrected chi connectivity index (χ4v) is 2.40. The Morgan fingerprint density at radius 3 is 2.28 bits per heavy atom. The van der Waals surface area contributed by atoms with Gasteiger partial charge in [0.05, 0.1) is 7.11 Å². The molecule has 18 heavy (non-hydrogen) atoms. The summed E-state index contributed by atoms with van der Waals surface area (Å²) < 4.78 is 5.19. The summed E-state index contributed by atoms with van der Waals surface area (Å²) in [6.07, 6.45) is 2.61. The highest BCUT2D eigenvalue weighted by molar-refractivity contribution is 5.49. The van der Waals surface area contributed by atoms with Gasteiger partial charge in [0.1, 0.15) is 5.75 Å². The Kier molecular flexibility index (Phi) is 4.88. The fourth-order valence-electron chi connectivity index (χ4n) is 2.40. The minimum Gasteiger partial charge on any atom is -0.497 e. The van der Waals surface area contributed by atoms with Gasteiger partial charge in [0.2, 0.25) is 0 Å². The van der Waals surface area contributed by atoms with Gasteiger partial charge in [-0.15, -0.1) is 0 Å². The van der Waals surface area contributed by atoms with Crippen LogP contribution in [0.2, 0.25) is 0 Å². The molecule has 3 heteroatoms. The first kappa shape index (κ1) is 13.2. The van der Waals surface area contributed by atoms with Gasteiger partial charge in [0.25, 0.3) is 0 Å². The van der Waals surface area contributed by atoms with E-state index in [1.807, 2.05) is 12.1 Å². The summed E-state index contributed by atoms with van der Waals surface area (Å²) >= 11 is 0. The van der Waals surface area contributed by atoms with Crippen LogP contribution in [-0.4, -0.2) is 44.7 Å². The van der Waals surface area contributed by atoms with Gasteiger partial charge in [0.15, 0.2) is 0 Å². The Morgan fingerprint density at radius 1 is 1.06 bits per heavy atom. The van der Waals surface area contributed by atoms with Gasteiger partial charge < -0.3 is 9.64 Å². The van der Waals surface area contributed by atoms with E-state index >= 15 is 0 Å². The second kappa shape index (κ2) is 6.64. The maximum atomic E-state index is 5.19. The van der Waals surface area contributed by atoms with Crippen molar-refractivity contribution in [3.63, 3.8) is 0 Å². The SMILES string of the molecule is CCCCN1CCN(c2ccc(OC)cc2)CC1. The highest BCUT2D eigenvalue weighted by atomic mass is 16.5. The lowest BCUT2D eigenvalue weighted by Crippen LogP contribution is -2.46. The first-order chi connectivity index (χ1) is 8.83. The van der Waals surface area contributed by atoms with Crippen LogP contribution in [0.1, 0.15) is 19.8 Å². The summed E-state index contributed by atoms with van der Waals surface area (Å²) in [6, 6.07) is 8.39. The van der Waals surface area contributed by atoms with E-state index in [9.17, 15) is 0 Å². The molecule has 1 aliphatic rings. The molecule has 0 N–H and O–H groups in total. The molecule has 0 spiro atoms. The Labute approximate surface area is 110 Å². The highest BCUT2D eigenvalue weighted by Crippen LogP contribution is 2.20. The molecule has 0 radical (unpaired) electrons. The lowest BCUT2D eigenvalue weighted by molar-refractivity contribution is 0.254. The Balaban J connectivity index is 1.84. The van der Waals surface area contributed by atoms with Crippen LogP contribution in [0.15, 0.2) is 24.3 Å². The van der Waals surface area contributed by atoms with Crippen LogP contribution in [0.3, 0.4) is 0 Å². The predicted octanol–water partition coefficient (Wildman–Crippen LogP) is 2.62. The van der Waals surface area contributed by atoms with E-state index in [1.165, 1.54) is 38.2 Å². The van der Waals surface area contributed by atoms with E-state index in [0.29, 0.717) is 0 Å². The average molecular weight is 248 g/mol. The quantitative estimate of drug-likeness (QED) is 0.796. The van der Waals surface area contributed by atoms with Crippen LogP contribution < -0.4 is 9.64 Å². The van der Waals surface area contributed by atoms with Crippen LogP contribution in [0.25, 0.3) is 0 Å². The molecule has 0 bridgehead atoms. The zero-order valence-electron chi connectivity index (χ0n) is 11.6. The van der Waals surface area contributed by atoms with E-state index in [0.717, 1.165) is 18.8 Å². The van der Waals surface area contributed by atoms with Gasteiger partial charge >= 0.3 is 0 Å². The van der Waals surface area contributed by atoms with Crippen molar-refractivity contribution >= 4 is 5.69 Å². The Hall–Kier alpha value is -1.22.